The molecular weight excluding hydrogens is 273 g/mol. The zero-order chi connectivity index (χ0) is 14.9. The van der Waals surface area contributed by atoms with Gasteiger partial charge in [0.25, 0.3) is 0 Å². The second-order valence-electron chi connectivity index (χ2n) is 4.33. The average molecular weight is 284 g/mol. The van der Waals surface area contributed by atoms with Crippen LogP contribution in [0.2, 0.25) is 0 Å². The van der Waals surface area contributed by atoms with Crippen LogP contribution in [0, 0.1) is 6.92 Å². The molecule has 0 aliphatic heterocycles. The van der Waals surface area contributed by atoms with Gasteiger partial charge in [-0.05, 0) is 19.1 Å². The van der Waals surface area contributed by atoms with E-state index in [1.165, 1.54) is 4.57 Å². The maximum absolute atomic E-state index is 12.7. The Kier molecular flexibility index (Phi) is 3.52. The zero-order valence-corrected chi connectivity index (χ0v) is 10.5. The molecule has 0 spiro atoms. The summed E-state index contributed by atoms with van der Waals surface area (Å²) in [6, 6.07) is 5.17. The first kappa shape index (κ1) is 14.1. The molecule has 0 amide bonds. The molecular formula is C13H11F3N2O2. The van der Waals surface area contributed by atoms with Crippen LogP contribution in [0.1, 0.15) is 27.3 Å². The second kappa shape index (κ2) is 4.99. The SMILES string of the molecule is Cc1cccc(Cn2cc(C(=O)O)c(C(F)(F)F)c2)n1. The van der Waals surface area contributed by atoms with Gasteiger partial charge in [0.2, 0.25) is 0 Å². The fraction of sp³-hybridized carbons (Fsp3) is 0.231. The summed E-state index contributed by atoms with van der Waals surface area (Å²) in [6.45, 7) is 1.85. The molecule has 0 atom stereocenters. The van der Waals surface area contributed by atoms with E-state index in [2.05, 4.69) is 4.98 Å². The number of carboxylic acids is 1. The first-order valence-electron chi connectivity index (χ1n) is 5.70. The molecule has 106 valence electrons. The minimum atomic E-state index is -4.70. The van der Waals surface area contributed by atoms with Crippen LogP contribution in [0.15, 0.2) is 30.6 Å². The molecule has 0 fully saturated rings. The first-order valence-corrected chi connectivity index (χ1v) is 5.70. The fourth-order valence-corrected chi connectivity index (χ4v) is 1.87. The Labute approximate surface area is 112 Å². The van der Waals surface area contributed by atoms with E-state index in [1.54, 1.807) is 25.1 Å². The normalized spacial score (nSPS) is 11.6. The van der Waals surface area contributed by atoms with Gasteiger partial charge in [0, 0.05) is 18.1 Å². The number of alkyl halides is 3. The van der Waals surface area contributed by atoms with Crippen molar-refractivity contribution in [1.29, 1.82) is 0 Å². The predicted molar refractivity (Wildman–Crippen MR) is 64.5 cm³/mol. The van der Waals surface area contributed by atoms with Crippen molar-refractivity contribution in [2.75, 3.05) is 0 Å². The Hall–Kier alpha value is -2.31. The van der Waals surface area contributed by atoms with Gasteiger partial charge in [0.1, 0.15) is 0 Å². The number of hydrogen-bond donors (Lipinski definition) is 1. The van der Waals surface area contributed by atoms with Crippen molar-refractivity contribution in [3.8, 4) is 0 Å². The average Bonchev–Trinajstić information content (AvgIpc) is 2.73. The van der Waals surface area contributed by atoms with Gasteiger partial charge >= 0.3 is 12.1 Å². The van der Waals surface area contributed by atoms with E-state index in [4.69, 9.17) is 5.11 Å². The minimum absolute atomic E-state index is 0.0814. The largest absolute Gasteiger partial charge is 0.478 e. The lowest BCUT2D eigenvalue weighted by Crippen LogP contribution is -2.09. The third-order valence-electron chi connectivity index (χ3n) is 2.71. The molecule has 4 nitrogen and oxygen atoms in total. The lowest BCUT2D eigenvalue weighted by atomic mass is 10.2. The molecule has 7 heteroatoms. The molecule has 0 aromatic carbocycles. The number of nitrogens with zero attached hydrogens (tertiary/aromatic N) is 2. The number of aryl methyl sites for hydroxylation is 1. The van der Waals surface area contributed by atoms with E-state index in [-0.39, 0.29) is 6.54 Å². The van der Waals surface area contributed by atoms with Crippen LogP contribution in [-0.2, 0) is 12.7 Å². The topological polar surface area (TPSA) is 55.1 Å². The number of aromatic carboxylic acids is 1. The van der Waals surface area contributed by atoms with Crippen molar-refractivity contribution in [3.05, 3.63) is 53.1 Å². The first-order chi connectivity index (χ1) is 9.27. The van der Waals surface area contributed by atoms with Crippen LogP contribution in [0.5, 0.6) is 0 Å². The van der Waals surface area contributed by atoms with Crippen molar-refractivity contribution in [3.63, 3.8) is 0 Å². The molecule has 0 saturated heterocycles. The highest BCUT2D eigenvalue weighted by Gasteiger charge is 2.36. The van der Waals surface area contributed by atoms with Crippen molar-refractivity contribution in [1.82, 2.24) is 9.55 Å². The summed E-state index contributed by atoms with van der Waals surface area (Å²) in [5.41, 5.74) is -0.613. The summed E-state index contributed by atoms with van der Waals surface area (Å²) in [7, 11) is 0. The molecule has 2 heterocycles. The van der Waals surface area contributed by atoms with Gasteiger partial charge in [-0.25, -0.2) is 4.79 Å². The van der Waals surface area contributed by atoms with Crippen LogP contribution in [0.25, 0.3) is 0 Å². The summed E-state index contributed by atoms with van der Waals surface area (Å²) in [5, 5.41) is 8.82. The van der Waals surface area contributed by atoms with Gasteiger partial charge in [-0.3, -0.25) is 4.98 Å². The molecule has 0 bridgehead atoms. The van der Waals surface area contributed by atoms with Crippen LogP contribution in [-0.4, -0.2) is 20.6 Å². The Morgan fingerprint density at radius 1 is 1.35 bits per heavy atom. The van der Waals surface area contributed by atoms with E-state index >= 15 is 0 Å². The maximum atomic E-state index is 12.7. The molecule has 0 aliphatic carbocycles. The van der Waals surface area contributed by atoms with Gasteiger partial charge in [0.05, 0.1) is 23.4 Å². The number of halogens is 3. The van der Waals surface area contributed by atoms with Gasteiger partial charge < -0.3 is 9.67 Å². The second-order valence-corrected chi connectivity index (χ2v) is 4.33. The van der Waals surface area contributed by atoms with Crippen LogP contribution >= 0.6 is 0 Å². The summed E-state index contributed by atoms with van der Waals surface area (Å²) in [6.07, 6.45) is -2.94. The zero-order valence-electron chi connectivity index (χ0n) is 10.5. The van der Waals surface area contributed by atoms with Gasteiger partial charge in [-0.1, -0.05) is 6.07 Å². The third-order valence-corrected chi connectivity index (χ3v) is 2.71. The van der Waals surface area contributed by atoms with E-state index in [9.17, 15) is 18.0 Å². The number of aromatic nitrogens is 2. The Balaban J connectivity index is 2.37. The smallest absolute Gasteiger partial charge is 0.418 e. The van der Waals surface area contributed by atoms with Gasteiger partial charge in [0.15, 0.2) is 0 Å². The van der Waals surface area contributed by atoms with Gasteiger partial charge in [-0.15, -0.1) is 0 Å². The van der Waals surface area contributed by atoms with E-state index < -0.39 is 23.3 Å². The molecule has 0 aliphatic rings. The van der Waals surface area contributed by atoms with Crippen LogP contribution in [0.4, 0.5) is 13.2 Å². The highest BCUT2D eigenvalue weighted by Crippen LogP contribution is 2.32. The van der Waals surface area contributed by atoms with Crippen molar-refractivity contribution in [2.24, 2.45) is 0 Å². The molecule has 2 aromatic heterocycles. The van der Waals surface area contributed by atoms with Crippen molar-refractivity contribution >= 4 is 5.97 Å². The van der Waals surface area contributed by atoms with Gasteiger partial charge in [-0.2, -0.15) is 13.2 Å². The monoisotopic (exact) mass is 284 g/mol. The number of carboxylic acid groups (broad SMARTS) is 1. The standard InChI is InChI=1S/C13H11F3N2O2/c1-8-3-2-4-9(17-8)5-18-6-10(12(19)20)11(7-18)13(14,15)16/h2-4,6-7H,5H2,1H3,(H,19,20). The molecule has 2 rings (SSSR count). The molecule has 1 N–H and O–H groups in total. The Morgan fingerprint density at radius 2 is 2.05 bits per heavy atom. The molecule has 0 unspecified atom stereocenters. The van der Waals surface area contributed by atoms with E-state index in [1.807, 2.05) is 0 Å². The number of rotatable bonds is 3. The quantitative estimate of drug-likeness (QED) is 0.942. The summed E-state index contributed by atoms with van der Waals surface area (Å²) < 4.78 is 39.4. The highest BCUT2D eigenvalue weighted by molar-refractivity contribution is 5.89. The molecule has 0 radical (unpaired) electrons. The highest BCUT2D eigenvalue weighted by atomic mass is 19.4. The van der Waals surface area contributed by atoms with Crippen LogP contribution in [0.3, 0.4) is 0 Å². The summed E-state index contributed by atoms with van der Waals surface area (Å²) in [4.78, 5) is 15.0. The molecule has 2 aromatic rings. The van der Waals surface area contributed by atoms with Crippen molar-refractivity contribution in [2.45, 2.75) is 19.6 Å². The number of hydrogen-bond acceptors (Lipinski definition) is 2. The number of pyridine rings is 1. The minimum Gasteiger partial charge on any atom is -0.478 e. The van der Waals surface area contributed by atoms with E-state index in [0.717, 1.165) is 18.1 Å². The summed E-state index contributed by atoms with van der Waals surface area (Å²) >= 11 is 0. The number of carbonyl (C=O) groups is 1. The van der Waals surface area contributed by atoms with Crippen LogP contribution < -0.4 is 0 Å². The Morgan fingerprint density at radius 3 is 2.55 bits per heavy atom. The lowest BCUT2D eigenvalue weighted by molar-refractivity contribution is -0.138. The Bertz CT molecular complexity index is 647. The van der Waals surface area contributed by atoms with Crippen molar-refractivity contribution < 1.29 is 23.1 Å². The molecule has 0 saturated carbocycles. The summed E-state index contributed by atoms with van der Waals surface area (Å²) in [5.74, 6) is -1.60. The fourth-order valence-electron chi connectivity index (χ4n) is 1.87. The van der Waals surface area contributed by atoms with E-state index in [0.29, 0.717) is 5.69 Å². The maximum Gasteiger partial charge on any atom is 0.418 e. The molecule has 20 heavy (non-hydrogen) atoms. The third kappa shape index (κ3) is 2.98. The lowest BCUT2D eigenvalue weighted by Gasteiger charge is -2.05. The predicted octanol–water partition coefficient (Wildman–Crippen LogP) is 2.96.